The molecule has 1 aromatic carbocycles. The van der Waals surface area contributed by atoms with Crippen LogP contribution in [-0.2, 0) is 4.74 Å². The zero-order valence-electron chi connectivity index (χ0n) is 9.71. The summed E-state index contributed by atoms with van der Waals surface area (Å²) in [6.07, 6.45) is 2.83. The predicted octanol–water partition coefficient (Wildman–Crippen LogP) is 2.91. The molecule has 0 spiro atoms. The molecular formula is C13H13NO3. The first-order valence-corrected chi connectivity index (χ1v) is 5.36. The topological polar surface area (TPSA) is 52.3 Å². The number of rotatable bonds is 3. The number of oxazole rings is 1. The zero-order valence-corrected chi connectivity index (χ0v) is 9.71. The van der Waals surface area contributed by atoms with Gasteiger partial charge in [-0.1, -0.05) is 12.1 Å². The molecule has 4 nitrogen and oxygen atoms in total. The summed E-state index contributed by atoms with van der Waals surface area (Å²) in [4.78, 5) is 15.5. The number of nitrogens with zero attached hydrogens (tertiary/aromatic N) is 1. The lowest BCUT2D eigenvalue weighted by Crippen LogP contribution is -2.11. The summed E-state index contributed by atoms with van der Waals surface area (Å²) >= 11 is 0. The molecular weight excluding hydrogens is 218 g/mol. The van der Waals surface area contributed by atoms with Gasteiger partial charge in [0.05, 0.1) is 17.9 Å². The third-order valence-electron chi connectivity index (χ3n) is 2.16. The van der Waals surface area contributed by atoms with Crippen LogP contribution in [0.4, 0.5) is 0 Å². The van der Waals surface area contributed by atoms with Crippen molar-refractivity contribution in [1.29, 1.82) is 0 Å². The smallest absolute Gasteiger partial charge is 0.338 e. The van der Waals surface area contributed by atoms with E-state index in [0.29, 0.717) is 11.3 Å². The summed E-state index contributed by atoms with van der Waals surface area (Å²) < 4.78 is 10.3. The quantitative estimate of drug-likeness (QED) is 0.762. The van der Waals surface area contributed by atoms with E-state index in [1.807, 2.05) is 19.9 Å². The van der Waals surface area contributed by atoms with Crippen molar-refractivity contribution in [3.05, 3.63) is 42.4 Å². The van der Waals surface area contributed by atoms with Gasteiger partial charge in [0, 0.05) is 5.56 Å². The molecule has 2 rings (SSSR count). The van der Waals surface area contributed by atoms with Gasteiger partial charge in [-0.25, -0.2) is 9.78 Å². The molecule has 0 aliphatic rings. The van der Waals surface area contributed by atoms with Crippen LogP contribution in [0.5, 0.6) is 0 Å². The van der Waals surface area contributed by atoms with Crippen LogP contribution in [0, 0.1) is 0 Å². The fourth-order valence-electron chi connectivity index (χ4n) is 1.44. The molecule has 88 valence electrons. The van der Waals surface area contributed by atoms with Gasteiger partial charge in [-0.05, 0) is 26.0 Å². The molecule has 0 saturated heterocycles. The minimum Gasteiger partial charge on any atom is -0.459 e. The van der Waals surface area contributed by atoms with E-state index in [4.69, 9.17) is 9.15 Å². The summed E-state index contributed by atoms with van der Waals surface area (Å²) in [5.74, 6) is 0.297. The van der Waals surface area contributed by atoms with E-state index >= 15 is 0 Å². The summed E-state index contributed by atoms with van der Waals surface area (Å²) in [5.41, 5.74) is 1.31. The maximum atomic E-state index is 11.7. The Kier molecular flexibility index (Phi) is 3.23. The van der Waals surface area contributed by atoms with Crippen molar-refractivity contribution in [3.8, 4) is 11.3 Å². The van der Waals surface area contributed by atoms with Crippen molar-refractivity contribution in [3.63, 3.8) is 0 Å². The number of carbonyl (C=O) groups excluding carboxylic acids is 1. The van der Waals surface area contributed by atoms with Crippen molar-refractivity contribution >= 4 is 5.97 Å². The third kappa shape index (κ3) is 2.72. The minimum absolute atomic E-state index is 0.128. The standard InChI is InChI=1S/C13H13NO3/c1-9(2)17-13(15)11-5-3-4-10(6-11)12-7-14-8-16-12/h3-9H,1-2H3. The highest BCUT2D eigenvalue weighted by atomic mass is 16.5. The molecule has 0 bridgehead atoms. The largest absolute Gasteiger partial charge is 0.459 e. The second-order valence-corrected chi connectivity index (χ2v) is 3.90. The highest BCUT2D eigenvalue weighted by molar-refractivity contribution is 5.90. The van der Waals surface area contributed by atoms with Gasteiger partial charge in [0.25, 0.3) is 0 Å². The summed E-state index contributed by atoms with van der Waals surface area (Å²) in [7, 11) is 0. The van der Waals surface area contributed by atoms with Crippen LogP contribution >= 0.6 is 0 Å². The van der Waals surface area contributed by atoms with Gasteiger partial charge < -0.3 is 9.15 Å². The fraction of sp³-hybridized carbons (Fsp3) is 0.231. The van der Waals surface area contributed by atoms with Crippen molar-refractivity contribution < 1.29 is 13.9 Å². The van der Waals surface area contributed by atoms with E-state index in [-0.39, 0.29) is 12.1 Å². The first-order chi connectivity index (χ1) is 8.16. The van der Waals surface area contributed by atoms with Crippen LogP contribution in [0.15, 0.2) is 41.3 Å². The van der Waals surface area contributed by atoms with Crippen LogP contribution in [0.3, 0.4) is 0 Å². The van der Waals surface area contributed by atoms with Crippen LogP contribution in [-0.4, -0.2) is 17.1 Å². The minimum atomic E-state index is -0.332. The summed E-state index contributed by atoms with van der Waals surface area (Å²) in [6.45, 7) is 3.64. The monoisotopic (exact) mass is 231 g/mol. The number of aromatic nitrogens is 1. The number of ether oxygens (including phenoxy) is 1. The average Bonchev–Trinajstić information content (AvgIpc) is 2.82. The van der Waals surface area contributed by atoms with Crippen LogP contribution in [0.2, 0.25) is 0 Å². The molecule has 0 fully saturated rings. The molecule has 17 heavy (non-hydrogen) atoms. The lowest BCUT2D eigenvalue weighted by Gasteiger charge is -2.08. The average molecular weight is 231 g/mol. The SMILES string of the molecule is CC(C)OC(=O)c1cccc(-c2cnco2)c1. The third-order valence-corrected chi connectivity index (χ3v) is 2.16. The van der Waals surface area contributed by atoms with E-state index in [1.54, 1.807) is 24.4 Å². The van der Waals surface area contributed by atoms with Gasteiger partial charge in [0.1, 0.15) is 0 Å². The predicted molar refractivity (Wildman–Crippen MR) is 62.5 cm³/mol. The van der Waals surface area contributed by atoms with Crippen LogP contribution in [0.25, 0.3) is 11.3 Å². The molecule has 0 N–H and O–H groups in total. The molecule has 0 unspecified atom stereocenters. The van der Waals surface area contributed by atoms with Crippen molar-refractivity contribution in [2.45, 2.75) is 20.0 Å². The van der Waals surface area contributed by atoms with Gasteiger partial charge in [-0.2, -0.15) is 0 Å². The Morgan fingerprint density at radius 2 is 2.24 bits per heavy atom. The summed E-state index contributed by atoms with van der Waals surface area (Å²) in [5, 5.41) is 0. The van der Waals surface area contributed by atoms with Gasteiger partial charge in [0.2, 0.25) is 0 Å². The molecule has 4 heteroatoms. The molecule has 0 aliphatic heterocycles. The maximum Gasteiger partial charge on any atom is 0.338 e. The first-order valence-electron chi connectivity index (χ1n) is 5.36. The number of hydrogen-bond donors (Lipinski definition) is 0. The van der Waals surface area contributed by atoms with Gasteiger partial charge >= 0.3 is 5.97 Å². The van der Waals surface area contributed by atoms with Gasteiger partial charge in [-0.15, -0.1) is 0 Å². The lowest BCUT2D eigenvalue weighted by atomic mass is 10.1. The van der Waals surface area contributed by atoms with E-state index in [1.165, 1.54) is 6.39 Å². The summed E-state index contributed by atoms with van der Waals surface area (Å²) in [6, 6.07) is 7.08. The molecule has 0 saturated carbocycles. The molecule has 0 aliphatic carbocycles. The number of hydrogen-bond acceptors (Lipinski definition) is 4. The van der Waals surface area contributed by atoms with E-state index < -0.39 is 0 Å². The molecule has 2 aromatic rings. The van der Waals surface area contributed by atoms with Gasteiger partial charge in [-0.3, -0.25) is 0 Å². The molecule has 1 heterocycles. The van der Waals surface area contributed by atoms with Crippen LogP contribution in [0.1, 0.15) is 24.2 Å². The Morgan fingerprint density at radius 3 is 2.88 bits per heavy atom. The maximum absolute atomic E-state index is 11.7. The van der Waals surface area contributed by atoms with E-state index in [2.05, 4.69) is 4.98 Å². The normalized spacial score (nSPS) is 10.5. The highest BCUT2D eigenvalue weighted by Gasteiger charge is 2.11. The van der Waals surface area contributed by atoms with Crippen molar-refractivity contribution in [2.75, 3.05) is 0 Å². The van der Waals surface area contributed by atoms with Crippen molar-refractivity contribution in [2.24, 2.45) is 0 Å². The van der Waals surface area contributed by atoms with Gasteiger partial charge in [0.15, 0.2) is 12.2 Å². The number of carbonyl (C=O) groups is 1. The molecule has 0 amide bonds. The van der Waals surface area contributed by atoms with Crippen molar-refractivity contribution in [1.82, 2.24) is 4.98 Å². The first kappa shape index (κ1) is 11.4. The van der Waals surface area contributed by atoms with Crippen LogP contribution < -0.4 is 0 Å². The Hall–Kier alpha value is -2.10. The molecule has 0 atom stereocenters. The fourth-order valence-corrected chi connectivity index (χ4v) is 1.44. The number of esters is 1. The Morgan fingerprint density at radius 1 is 1.41 bits per heavy atom. The van der Waals surface area contributed by atoms with E-state index in [9.17, 15) is 4.79 Å². The van der Waals surface area contributed by atoms with E-state index in [0.717, 1.165) is 5.56 Å². The Balaban J connectivity index is 2.26. The lowest BCUT2D eigenvalue weighted by molar-refractivity contribution is 0.0378. The molecule has 1 aromatic heterocycles. The molecule has 0 radical (unpaired) electrons. The zero-order chi connectivity index (χ0) is 12.3. The second-order valence-electron chi connectivity index (χ2n) is 3.90. The number of benzene rings is 1. The Labute approximate surface area is 99.2 Å². The second kappa shape index (κ2) is 4.82. The highest BCUT2D eigenvalue weighted by Crippen LogP contribution is 2.20. The Bertz CT molecular complexity index is 503.